The Morgan fingerprint density at radius 1 is 1.27 bits per heavy atom. The number of piperidine rings is 1. The molecule has 1 saturated heterocycles. The maximum atomic E-state index is 8.62. The standard InChI is InChI=1S/C6H13NO.C5H14N2/c8-6-7-4-2-1-3-5-7;1-4-7(3)5-6-2/h8H,1-6H2;6H,4-5H2,1-3H3. The molecule has 1 fully saturated rings. The van der Waals surface area contributed by atoms with Crippen LogP contribution < -0.4 is 5.32 Å². The molecule has 4 nitrogen and oxygen atoms in total. The molecule has 0 saturated carbocycles. The van der Waals surface area contributed by atoms with Gasteiger partial charge in [-0.3, -0.25) is 9.80 Å². The zero-order valence-electron chi connectivity index (χ0n) is 10.5. The van der Waals surface area contributed by atoms with Crippen LogP contribution in [-0.2, 0) is 0 Å². The van der Waals surface area contributed by atoms with E-state index in [1.54, 1.807) is 0 Å². The summed E-state index contributed by atoms with van der Waals surface area (Å²) in [7, 11) is 4.03. The van der Waals surface area contributed by atoms with Crippen molar-refractivity contribution in [3.8, 4) is 0 Å². The van der Waals surface area contributed by atoms with Gasteiger partial charge in [0.15, 0.2) is 0 Å². The molecule has 92 valence electrons. The molecule has 0 atom stereocenters. The summed E-state index contributed by atoms with van der Waals surface area (Å²) >= 11 is 0. The van der Waals surface area contributed by atoms with Gasteiger partial charge in [-0.2, -0.15) is 0 Å². The second-order valence-electron chi connectivity index (χ2n) is 4.00. The number of aliphatic hydroxyl groups excluding tert-OH is 1. The second-order valence-corrected chi connectivity index (χ2v) is 4.00. The van der Waals surface area contributed by atoms with E-state index in [1.807, 2.05) is 7.05 Å². The van der Waals surface area contributed by atoms with Crippen molar-refractivity contribution in [2.75, 3.05) is 47.1 Å². The van der Waals surface area contributed by atoms with Gasteiger partial charge in [0, 0.05) is 19.8 Å². The van der Waals surface area contributed by atoms with Crippen molar-refractivity contribution < 1.29 is 5.11 Å². The zero-order chi connectivity index (χ0) is 11.5. The average molecular weight is 217 g/mol. The predicted octanol–water partition coefficient (Wildman–Crippen LogP) is 0.537. The quantitative estimate of drug-likeness (QED) is 0.674. The minimum Gasteiger partial charge on any atom is -0.381 e. The first kappa shape index (κ1) is 14.8. The fraction of sp³-hybridized carbons (Fsp3) is 1.00. The van der Waals surface area contributed by atoms with Gasteiger partial charge >= 0.3 is 0 Å². The third-order valence-electron chi connectivity index (χ3n) is 2.62. The lowest BCUT2D eigenvalue weighted by molar-refractivity contribution is 0.0896. The van der Waals surface area contributed by atoms with Crippen LogP contribution in [-0.4, -0.2) is 62.0 Å². The van der Waals surface area contributed by atoms with E-state index in [9.17, 15) is 0 Å². The fourth-order valence-electron chi connectivity index (χ4n) is 1.48. The molecule has 4 heteroatoms. The lowest BCUT2D eigenvalue weighted by Crippen LogP contribution is -2.30. The molecule has 2 N–H and O–H groups in total. The van der Waals surface area contributed by atoms with Crippen molar-refractivity contribution in [2.45, 2.75) is 26.2 Å². The smallest absolute Gasteiger partial charge is 0.0956 e. The van der Waals surface area contributed by atoms with Gasteiger partial charge in [-0.05, 0) is 33.5 Å². The summed E-state index contributed by atoms with van der Waals surface area (Å²) in [6.07, 6.45) is 3.87. The number of nitrogens with one attached hydrogen (secondary N) is 1. The van der Waals surface area contributed by atoms with Crippen LogP contribution >= 0.6 is 0 Å². The van der Waals surface area contributed by atoms with Gasteiger partial charge in [-0.25, -0.2) is 0 Å². The molecule has 0 aliphatic carbocycles. The van der Waals surface area contributed by atoms with Crippen LogP contribution in [0.5, 0.6) is 0 Å². The molecule has 0 aromatic rings. The highest BCUT2D eigenvalue weighted by Gasteiger charge is 2.06. The van der Waals surface area contributed by atoms with Gasteiger partial charge in [0.05, 0.1) is 6.73 Å². The van der Waals surface area contributed by atoms with Crippen molar-refractivity contribution >= 4 is 0 Å². The summed E-state index contributed by atoms with van der Waals surface area (Å²) in [5.41, 5.74) is 0. The molecule has 1 aliphatic heterocycles. The van der Waals surface area contributed by atoms with E-state index in [1.165, 1.54) is 19.3 Å². The van der Waals surface area contributed by atoms with Gasteiger partial charge in [-0.15, -0.1) is 0 Å². The fourth-order valence-corrected chi connectivity index (χ4v) is 1.48. The molecule has 0 radical (unpaired) electrons. The predicted molar refractivity (Wildman–Crippen MR) is 64.7 cm³/mol. The number of aliphatic hydroxyl groups is 1. The van der Waals surface area contributed by atoms with Gasteiger partial charge in [0.2, 0.25) is 0 Å². The van der Waals surface area contributed by atoms with E-state index in [4.69, 9.17) is 5.11 Å². The van der Waals surface area contributed by atoms with Crippen LogP contribution in [0.3, 0.4) is 0 Å². The van der Waals surface area contributed by atoms with Gasteiger partial charge in [-0.1, -0.05) is 13.3 Å². The van der Waals surface area contributed by atoms with Crippen molar-refractivity contribution in [2.24, 2.45) is 0 Å². The Morgan fingerprint density at radius 3 is 2.13 bits per heavy atom. The van der Waals surface area contributed by atoms with E-state index in [2.05, 4.69) is 29.1 Å². The van der Waals surface area contributed by atoms with Crippen LogP contribution in [0, 0.1) is 0 Å². The van der Waals surface area contributed by atoms with Gasteiger partial charge < -0.3 is 10.4 Å². The molecule has 1 aliphatic rings. The summed E-state index contributed by atoms with van der Waals surface area (Å²) < 4.78 is 0. The first-order chi connectivity index (χ1) is 7.24. The molecular weight excluding hydrogens is 190 g/mol. The van der Waals surface area contributed by atoms with Crippen molar-refractivity contribution in [1.82, 2.24) is 15.1 Å². The van der Waals surface area contributed by atoms with Gasteiger partial charge in [0.25, 0.3) is 0 Å². The highest BCUT2D eigenvalue weighted by atomic mass is 16.3. The number of nitrogens with zero attached hydrogens (tertiary/aromatic N) is 2. The Balaban J connectivity index is 0.000000265. The van der Waals surface area contributed by atoms with Crippen LogP contribution in [0.1, 0.15) is 26.2 Å². The Bertz CT molecular complexity index is 127. The Morgan fingerprint density at radius 2 is 1.87 bits per heavy atom. The SMILES string of the molecule is CCN(C)CNC.OCN1CCCCC1. The Kier molecular flexibility index (Phi) is 10.3. The van der Waals surface area contributed by atoms with Gasteiger partial charge in [0.1, 0.15) is 0 Å². The molecule has 1 heterocycles. The largest absolute Gasteiger partial charge is 0.381 e. The first-order valence-electron chi connectivity index (χ1n) is 5.91. The summed E-state index contributed by atoms with van der Waals surface area (Å²) in [5.74, 6) is 0. The molecule has 1 rings (SSSR count). The minimum atomic E-state index is 0.250. The topological polar surface area (TPSA) is 38.7 Å². The lowest BCUT2D eigenvalue weighted by Gasteiger charge is -2.23. The van der Waals surface area contributed by atoms with Crippen LogP contribution in [0.25, 0.3) is 0 Å². The highest BCUT2D eigenvalue weighted by Crippen LogP contribution is 2.06. The van der Waals surface area contributed by atoms with Crippen LogP contribution in [0.4, 0.5) is 0 Å². The summed E-state index contributed by atoms with van der Waals surface area (Å²) in [6.45, 7) is 6.67. The molecule has 0 aromatic heterocycles. The van der Waals surface area contributed by atoms with E-state index in [0.29, 0.717) is 0 Å². The van der Waals surface area contributed by atoms with Crippen molar-refractivity contribution in [3.63, 3.8) is 0 Å². The third kappa shape index (κ3) is 8.81. The number of hydrogen-bond donors (Lipinski definition) is 2. The third-order valence-corrected chi connectivity index (χ3v) is 2.62. The molecule has 0 aromatic carbocycles. The lowest BCUT2D eigenvalue weighted by atomic mass is 10.1. The highest BCUT2D eigenvalue weighted by molar-refractivity contribution is 4.59. The zero-order valence-corrected chi connectivity index (χ0v) is 10.5. The molecule has 15 heavy (non-hydrogen) atoms. The van der Waals surface area contributed by atoms with E-state index in [-0.39, 0.29) is 6.73 Å². The summed E-state index contributed by atoms with van der Waals surface area (Å²) in [6, 6.07) is 0. The molecule has 0 amide bonds. The number of rotatable bonds is 4. The summed E-state index contributed by atoms with van der Waals surface area (Å²) in [5, 5.41) is 11.7. The number of hydrogen-bond acceptors (Lipinski definition) is 4. The Labute approximate surface area is 94.3 Å². The maximum absolute atomic E-state index is 8.62. The molecule has 0 bridgehead atoms. The van der Waals surface area contributed by atoms with Crippen molar-refractivity contribution in [3.05, 3.63) is 0 Å². The normalized spacial score (nSPS) is 17.4. The first-order valence-corrected chi connectivity index (χ1v) is 5.91. The molecular formula is C11H27N3O. The monoisotopic (exact) mass is 217 g/mol. The van der Waals surface area contributed by atoms with Crippen LogP contribution in [0.15, 0.2) is 0 Å². The van der Waals surface area contributed by atoms with E-state index < -0.39 is 0 Å². The van der Waals surface area contributed by atoms with E-state index in [0.717, 1.165) is 26.3 Å². The average Bonchev–Trinajstić information content (AvgIpc) is 2.31. The molecule has 0 spiro atoms. The molecule has 0 unspecified atom stereocenters. The van der Waals surface area contributed by atoms with Crippen LogP contribution in [0.2, 0.25) is 0 Å². The minimum absolute atomic E-state index is 0.250. The second kappa shape index (κ2) is 10.4. The number of likely N-dealkylation sites (tertiary alicyclic amines) is 1. The van der Waals surface area contributed by atoms with E-state index >= 15 is 0 Å². The summed E-state index contributed by atoms with van der Waals surface area (Å²) in [4.78, 5) is 4.27. The maximum Gasteiger partial charge on any atom is 0.0956 e. The Hall–Kier alpha value is -0.160. The van der Waals surface area contributed by atoms with Crippen molar-refractivity contribution in [1.29, 1.82) is 0 Å².